The molecule has 0 aliphatic carbocycles. The molecule has 0 heterocycles. The van der Waals surface area contributed by atoms with E-state index in [0.717, 1.165) is 19.0 Å². The lowest BCUT2D eigenvalue weighted by atomic mass is 10.2. The zero-order chi connectivity index (χ0) is 12.9. The molecular formula is C15H32N2. The molecule has 0 fully saturated rings. The highest BCUT2D eigenvalue weighted by Crippen LogP contribution is 2.00. The van der Waals surface area contributed by atoms with Gasteiger partial charge in [0.2, 0.25) is 0 Å². The third-order valence-electron chi connectivity index (χ3n) is 2.81. The maximum atomic E-state index is 3.82. The Morgan fingerprint density at radius 1 is 1.18 bits per heavy atom. The van der Waals surface area contributed by atoms with Gasteiger partial charge in [0.1, 0.15) is 0 Å². The van der Waals surface area contributed by atoms with E-state index < -0.39 is 0 Å². The summed E-state index contributed by atoms with van der Waals surface area (Å²) in [7, 11) is 0. The Balaban J connectivity index is 3.32. The highest BCUT2D eigenvalue weighted by molar-refractivity contribution is 4.73. The van der Waals surface area contributed by atoms with Crippen molar-refractivity contribution in [2.45, 2.75) is 46.5 Å². The molecule has 17 heavy (non-hydrogen) atoms. The molecule has 0 radical (unpaired) electrons. The van der Waals surface area contributed by atoms with E-state index in [1.165, 1.54) is 45.3 Å². The second kappa shape index (κ2) is 12.1. The van der Waals surface area contributed by atoms with Crippen LogP contribution < -0.4 is 5.32 Å². The van der Waals surface area contributed by atoms with E-state index in [0.29, 0.717) is 0 Å². The van der Waals surface area contributed by atoms with Crippen LogP contribution in [-0.2, 0) is 0 Å². The maximum absolute atomic E-state index is 3.82. The van der Waals surface area contributed by atoms with Crippen LogP contribution in [0.5, 0.6) is 0 Å². The lowest BCUT2D eigenvalue weighted by molar-refractivity contribution is 0.295. The smallest absolute Gasteiger partial charge is 0.0160 e. The molecule has 0 rings (SSSR count). The largest absolute Gasteiger partial charge is 0.316 e. The normalized spacial score (nSPS) is 11.4. The van der Waals surface area contributed by atoms with Gasteiger partial charge >= 0.3 is 0 Å². The Bertz CT molecular complexity index is 166. The molecule has 0 saturated heterocycles. The van der Waals surface area contributed by atoms with Gasteiger partial charge in [-0.2, -0.15) is 0 Å². The molecule has 0 unspecified atom stereocenters. The monoisotopic (exact) mass is 240 g/mol. The number of unbranched alkanes of at least 4 members (excludes halogenated alkanes) is 2. The van der Waals surface area contributed by atoms with Crippen molar-refractivity contribution >= 4 is 0 Å². The first-order chi connectivity index (χ1) is 8.20. The van der Waals surface area contributed by atoms with Gasteiger partial charge in [0.05, 0.1) is 0 Å². The van der Waals surface area contributed by atoms with E-state index >= 15 is 0 Å². The molecule has 0 aliphatic heterocycles. The number of nitrogens with zero attached hydrogens (tertiary/aromatic N) is 1. The first kappa shape index (κ1) is 16.7. The average molecular weight is 240 g/mol. The molecule has 1 N–H and O–H groups in total. The lowest BCUT2D eigenvalue weighted by Crippen LogP contribution is -2.26. The standard InChI is InChI=1S/C15H32N2/c1-5-11-17(12-6-2)13-9-7-8-10-16-14-15(3)4/h5,15-16H,1,6-14H2,2-4H3. The summed E-state index contributed by atoms with van der Waals surface area (Å²) < 4.78 is 0. The zero-order valence-electron chi connectivity index (χ0n) is 12.2. The van der Waals surface area contributed by atoms with Crippen LogP contribution in [-0.4, -0.2) is 37.6 Å². The number of rotatable bonds is 12. The molecule has 0 aromatic carbocycles. The summed E-state index contributed by atoms with van der Waals surface area (Å²) in [5.41, 5.74) is 0. The van der Waals surface area contributed by atoms with Crippen molar-refractivity contribution in [2.24, 2.45) is 5.92 Å². The first-order valence-electron chi connectivity index (χ1n) is 7.24. The predicted octanol–water partition coefficient (Wildman–Crippen LogP) is 3.30. The number of nitrogens with one attached hydrogen (secondary N) is 1. The maximum Gasteiger partial charge on any atom is 0.0160 e. The van der Waals surface area contributed by atoms with Crippen molar-refractivity contribution in [3.8, 4) is 0 Å². The van der Waals surface area contributed by atoms with E-state index in [4.69, 9.17) is 0 Å². The third-order valence-corrected chi connectivity index (χ3v) is 2.81. The van der Waals surface area contributed by atoms with Crippen LogP contribution in [0.1, 0.15) is 46.5 Å². The first-order valence-corrected chi connectivity index (χ1v) is 7.24. The van der Waals surface area contributed by atoms with Crippen LogP contribution in [0, 0.1) is 5.92 Å². The predicted molar refractivity (Wildman–Crippen MR) is 78.5 cm³/mol. The summed E-state index contributed by atoms with van der Waals surface area (Å²) in [5.74, 6) is 0.766. The fourth-order valence-corrected chi connectivity index (χ4v) is 1.95. The molecular weight excluding hydrogens is 208 g/mol. The second-order valence-corrected chi connectivity index (χ2v) is 5.25. The van der Waals surface area contributed by atoms with Gasteiger partial charge in [-0.25, -0.2) is 0 Å². The minimum Gasteiger partial charge on any atom is -0.316 e. The van der Waals surface area contributed by atoms with E-state index in [9.17, 15) is 0 Å². The Hall–Kier alpha value is -0.340. The average Bonchev–Trinajstić information content (AvgIpc) is 2.28. The molecule has 0 aromatic rings. The van der Waals surface area contributed by atoms with E-state index in [-0.39, 0.29) is 0 Å². The molecule has 0 atom stereocenters. The molecule has 2 nitrogen and oxygen atoms in total. The van der Waals surface area contributed by atoms with Gasteiger partial charge in [-0.3, -0.25) is 4.90 Å². The van der Waals surface area contributed by atoms with Crippen molar-refractivity contribution in [3.63, 3.8) is 0 Å². The van der Waals surface area contributed by atoms with Crippen molar-refractivity contribution in [3.05, 3.63) is 12.7 Å². The zero-order valence-corrected chi connectivity index (χ0v) is 12.2. The summed E-state index contributed by atoms with van der Waals surface area (Å²) in [5, 5.41) is 3.49. The summed E-state index contributed by atoms with van der Waals surface area (Å²) in [6.45, 7) is 16.4. The molecule has 0 bridgehead atoms. The van der Waals surface area contributed by atoms with Gasteiger partial charge in [-0.1, -0.05) is 33.3 Å². The van der Waals surface area contributed by atoms with Crippen LogP contribution in [0.25, 0.3) is 0 Å². The summed E-state index contributed by atoms with van der Waals surface area (Å²) in [6, 6.07) is 0. The van der Waals surface area contributed by atoms with Crippen LogP contribution in [0.3, 0.4) is 0 Å². The molecule has 0 aliphatic rings. The topological polar surface area (TPSA) is 15.3 Å². The highest BCUT2D eigenvalue weighted by atomic mass is 15.1. The van der Waals surface area contributed by atoms with Gasteiger partial charge in [0.25, 0.3) is 0 Å². The molecule has 0 aromatic heterocycles. The Kier molecular flexibility index (Phi) is 11.9. The molecule has 0 saturated carbocycles. The molecule has 0 amide bonds. The Labute approximate surface area is 108 Å². The van der Waals surface area contributed by atoms with E-state index in [1.807, 2.05) is 6.08 Å². The van der Waals surface area contributed by atoms with Gasteiger partial charge in [0.15, 0.2) is 0 Å². The SMILES string of the molecule is C=CCN(CCC)CCCCCNCC(C)C. The van der Waals surface area contributed by atoms with Gasteiger partial charge in [-0.15, -0.1) is 6.58 Å². The molecule has 0 spiro atoms. The highest BCUT2D eigenvalue weighted by Gasteiger charge is 2.00. The number of hydrogen-bond acceptors (Lipinski definition) is 2. The van der Waals surface area contributed by atoms with Crippen LogP contribution >= 0.6 is 0 Å². The van der Waals surface area contributed by atoms with Crippen LogP contribution in [0.4, 0.5) is 0 Å². The van der Waals surface area contributed by atoms with Gasteiger partial charge < -0.3 is 5.32 Å². The Morgan fingerprint density at radius 2 is 1.94 bits per heavy atom. The van der Waals surface area contributed by atoms with Crippen molar-refractivity contribution in [1.82, 2.24) is 10.2 Å². The summed E-state index contributed by atoms with van der Waals surface area (Å²) in [6.07, 6.45) is 7.21. The fraction of sp³-hybridized carbons (Fsp3) is 0.867. The Morgan fingerprint density at radius 3 is 2.53 bits per heavy atom. The third kappa shape index (κ3) is 11.9. The van der Waals surface area contributed by atoms with Crippen molar-refractivity contribution < 1.29 is 0 Å². The minimum absolute atomic E-state index is 0.766. The van der Waals surface area contributed by atoms with Crippen molar-refractivity contribution in [1.29, 1.82) is 0 Å². The van der Waals surface area contributed by atoms with Gasteiger partial charge in [0, 0.05) is 6.54 Å². The quantitative estimate of drug-likeness (QED) is 0.416. The van der Waals surface area contributed by atoms with E-state index in [1.54, 1.807) is 0 Å². The van der Waals surface area contributed by atoms with E-state index in [2.05, 4.69) is 37.6 Å². The van der Waals surface area contributed by atoms with Crippen LogP contribution in [0.2, 0.25) is 0 Å². The minimum atomic E-state index is 0.766. The summed E-state index contributed by atoms with van der Waals surface area (Å²) >= 11 is 0. The second-order valence-electron chi connectivity index (χ2n) is 5.25. The lowest BCUT2D eigenvalue weighted by Gasteiger charge is -2.19. The molecule has 102 valence electrons. The van der Waals surface area contributed by atoms with Crippen molar-refractivity contribution in [2.75, 3.05) is 32.7 Å². The summed E-state index contributed by atoms with van der Waals surface area (Å²) in [4.78, 5) is 2.49. The fourth-order valence-electron chi connectivity index (χ4n) is 1.95. The molecule has 2 heteroatoms. The van der Waals surface area contributed by atoms with Gasteiger partial charge in [-0.05, 0) is 51.4 Å². The number of hydrogen-bond donors (Lipinski definition) is 1. The van der Waals surface area contributed by atoms with Crippen LogP contribution in [0.15, 0.2) is 12.7 Å².